The fraction of sp³-hybridized carbons (Fsp3) is 0.148. The molecule has 1 aliphatic rings. The monoisotopic (exact) mass is 538 g/mol. The average molecular weight is 539 g/mol. The van der Waals surface area contributed by atoms with Gasteiger partial charge in [-0.3, -0.25) is 14.5 Å². The molecule has 5 rings (SSSR count). The quantitative estimate of drug-likeness (QED) is 0.181. The van der Waals surface area contributed by atoms with Crippen LogP contribution in [0.3, 0.4) is 0 Å². The summed E-state index contributed by atoms with van der Waals surface area (Å²) in [5, 5.41) is 11.8. The van der Waals surface area contributed by atoms with Gasteiger partial charge >= 0.3 is 5.91 Å². The third-order valence-corrected chi connectivity index (χ3v) is 7.25. The molecule has 2 heterocycles. The van der Waals surface area contributed by atoms with Crippen LogP contribution in [0, 0.1) is 5.82 Å². The van der Waals surface area contributed by atoms with Crippen LogP contribution in [0.25, 0.3) is 16.0 Å². The lowest BCUT2D eigenvalue weighted by molar-refractivity contribution is -0.132. The minimum absolute atomic E-state index is 0.143. The third-order valence-electron chi connectivity index (χ3n) is 5.90. The first-order valence-electron chi connectivity index (χ1n) is 11.3. The molecule has 37 heavy (non-hydrogen) atoms. The summed E-state index contributed by atoms with van der Waals surface area (Å²) < 4.78 is 25.2. The molecule has 1 N–H and O–H groups in total. The molecule has 10 heteroatoms. The summed E-state index contributed by atoms with van der Waals surface area (Å²) in [6.45, 7) is 2.20. The Labute approximate surface area is 220 Å². The van der Waals surface area contributed by atoms with Crippen LogP contribution in [-0.2, 0) is 9.59 Å². The largest absolute Gasteiger partial charge is 0.507 e. The van der Waals surface area contributed by atoms with Crippen molar-refractivity contribution < 1.29 is 28.6 Å². The minimum atomic E-state index is -1.05. The lowest BCUT2D eigenvalue weighted by Gasteiger charge is -2.23. The Balaban J connectivity index is 1.74. The summed E-state index contributed by atoms with van der Waals surface area (Å²) in [4.78, 5) is 32.6. The molecule has 0 radical (unpaired) electrons. The predicted octanol–water partition coefficient (Wildman–Crippen LogP) is 6.12. The van der Waals surface area contributed by atoms with E-state index in [-0.39, 0.29) is 21.3 Å². The molecule has 1 saturated heterocycles. The maximum absolute atomic E-state index is 13.8. The van der Waals surface area contributed by atoms with Gasteiger partial charge in [-0.2, -0.15) is 0 Å². The van der Waals surface area contributed by atoms with Crippen molar-refractivity contribution in [3.8, 4) is 11.5 Å². The molecular weight excluding hydrogens is 519 g/mol. The van der Waals surface area contributed by atoms with Crippen molar-refractivity contribution in [3.63, 3.8) is 0 Å². The highest BCUT2D eigenvalue weighted by atomic mass is 35.5. The molecule has 1 amide bonds. The van der Waals surface area contributed by atoms with Gasteiger partial charge in [-0.25, -0.2) is 9.37 Å². The predicted molar refractivity (Wildman–Crippen MR) is 140 cm³/mol. The standard InChI is InChI=1S/C27H20ClFN2O5S/c1-3-36-17-8-9-19(28)18(13-17)24(32)22-23(14-5-4-6-16(11-14)35-2)31(26(34)25(22)33)27-30-20-10-7-15(29)12-21(20)37-27/h4-13,23,32H,3H2,1-2H3/b24-22+. The first kappa shape index (κ1) is 24.7. The molecule has 1 aliphatic heterocycles. The second-order valence-corrected chi connectivity index (χ2v) is 9.55. The molecule has 1 atom stereocenters. The van der Waals surface area contributed by atoms with Gasteiger partial charge in [-0.15, -0.1) is 0 Å². The number of aliphatic hydroxyl groups excluding tert-OH is 1. The van der Waals surface area contributed by atoms with E-state index in [1.807, 2.05) is 6.92 Å². The number of benzene rings is 3. The van der Waals surface area contributed by atoms with Crippen LogP contribution in [0.5, 0.6) is 11.5 Å². The van der Waals surface area contributed by atoms with E-state index >= 15 is 0 Å². The zero-order valence-electron chi connectivity index (χ0n) is 19.7. The second kappa shape index (κ2) is 9.84. The zero-order valence-corrected chi connectivity index (χ0v) is 21.3. The van der Waals surface area contributed by atoms with Gasteiger partial charge < -0.3 is 14.6 Å². The Morgan fingerprint density at radius 1 is 1.14 bits per heavy atom. The first-order valence-corrected chi connectivity index (χ1v) is 12.5. The molecule has 188 valence electrons. The summed E-state index contributed by atoms with van der Waals surface area (Å²) in [5.41, 5.74) is 0.951. The summed E-state index contributed by atoms with van der Waals surface area (Å²) in [5.74, 6) is -1.76. The van der Waals surface area contributed by atoms with Gasteiger partial charge in [0, 0.05) is 5.56 Å². The number of fused-ring (bicyclic) bond motifs is 1. The molecule has 0 bridgehead atoms. The fourth-order valence-corrected chi connectivity index (χ4v) is 5.46. The lowest BCUT2D eigenvalue weighted by Crippen LogP contribution is -2.29. The Morgan fingerprint density at radius 2 is 1.95 bits per heavy atom. The van der Waals surface area contributed by atoms with Crippen LogP contribution >= 0.6 is 22.9 Å². The molecule has 0 aliphatic carbocycles. The lowest BCUT2D eigenvalue weighted by atomic mass is 9.95. The zero-order chi connectivity index (χ0) is 26.3. The van der Waals surface area contributed by atoms with E-state index in [1.54, 1.807) is 36.4 Å². The Bertz CT molecular complexity index is 1580. The smallest absolute Gasteiger partial charge is 0.301 e. The maximum atomic E-state index is 13.8. The fourth-order valence-electron chi connectivity index (χ4n) is 4.23. The Hall–Kier alpha value is -3.95. The number of ketones is 1. The van der Waals surface area contributed by atoms with E-state index in [0.29, 0.717) is 33.9 Å². The SMILES string of the molecule is CCOc1ccc(Cl)c(/C(O)=C2\C(=O)C(=O)N(c3nc4ccc(F)cc4s3)C2c2cccc(OC)c2)c1. The molecule has 7 nitrogen and oxygen atoms in total. The van der Waals surface area contributed by atoms with Crippen molar-refractivity contribution in [3.05, 3.63) is 88.2 Å². The highest BCUT2D eigenvalue weighted by Gasteiger charge is 2.48. The number of halogens is 2. The number of anilines is 1. The van der Waals surface area contributed by atoms with E-state index in [4.69, 9.17) is 21.1 Å². The van der Waals surface area contributed by atoms with Crippen molar-refractivity contribution in [2.45, 2.75) is 13.0 Å². The molecule has 0 spiro atoms. The molecule has 0 saturated carbocycles. The summed E-state index contributed by atoms with van der Waals surface area (Å²) >= 11 is 7.46. The molecule has 3 aromatic carbocycles. The number of methoxy groups -OCH3 is 1. The van der Waals surface area contributed by atoms with Crippen LogP contribution in [-0.4, -0.2) is 35.5 Å². The van der Waals surface area contributed by atoms with E-state index in [2.05, 4.69) is 4.98 Å². The van der Waals surface area contributed by atoms with Gasteiger partial charge in [0.25, 0.3) is 5.78 Å². The molecule has 1 aromatic heterocycles. The van der Waals surface area contributed by atoms with E-state index < -0.39 is 29.3 Å². The van der Waals surface area contributed by atoms with Gasteiger partial charge in [0.15, 0.2) is 5.13 Å². The Morgan fingerprint density at radius 3 is 2.70 bits per heavy atom. The van der Waals surface area contributed by atoms with Crippen molar-refractivity contribution in [2.24, 2.45) is 0 Å². The van der Waals surface area contributed by atoms with Gasteiger partial charge in [-0.1, -0.05) is 35.1 Å². The number of aliphatic hydroxyl groups is 1. The van der Waals surface area contributed by atoms with Crippen molar-refractivity contribution in [1.82, 2.24) is 4.98 Å². The van der Waals surface area contributed by atoms with Crippen molar-refractivity contribution >= 4 is 55.7 Å². The summed E-state index contributed by atoms with van der Waals surface area (Å²) in [6, 6.07) is 14.5. The highest BCUT2D eigenvalue weighted by Crippen LogP contribution is 2.45. The topological polar surface area (TPSA) is 89.0 Å². The molecule has 1 fully saturated rings. The van der Waals surface area contributed by atoms with Crippen LogP contribution < -0.4 is 14.4 Å². The van der Waals surface area contributed by atoms with E-state index in [1.165, 1.54) is 36.3 Å². The van der Waals surface area contributed by atoms with Crippen LogP contribution in [0.2, 0.25) is 5.02 Å². The second-order valence-electron chi connectivity index (χ2n) is 8.13. The first-order chi connectivity index (χ1) is 17.8. The Kier molecular flexibility index (Phi) is 6.57. The molecular formula is C27H20ClFN2O5S. The average Bonchev–Trinajstić information content (AvgIpc) is 3.42. The molecule has 1 unspecified atom stereocenters. The van der Waals surface area contributed by atoms with Gasteiger partial charge in [-0.05, 0) is 61.0 Å². The number of aromatic nitrogens is 1. The minimum Gasteiger partial charge on any atom is -0.507 e. The number of Topliss-reactive ketones (excluding diaryl/α,β-unsaturated/α-hetero) is 1. The number of rotatable bonds is 6. The molecule has 4 aromatic rings. The maximum Gasteiger partial charge on any atom is 0.301 e. The van der Waals surface area contributed by atoms with Crippen LogP contribution in [0.15, 0.2) is 66.2 Å². The highest BCUT2D eigenvalue weighted by molar-refractivity contribution is 7.22. The van der Waals surface area contributed by atoms with Crippen molar-refractivity contribution in [2.75, 3.05) is 18.6 Å². The number of ether oxygens (including phenoxy) is 2. The van der Waals surface area contributed by atoms with Crippen LogP contribution in [0.1, 0.15) is 24.1 Å². The number of carbonyl (C=O) groups excluding carboxylic acids is 2. The van der Waals surface area contributed by atoms with Crippen molar-refractivity contribution in [1.29, 1.82) is 0 Å². The normalized spacial score (nSPS) is 17.0. The number of thiazole rings is 1. The number of amides is 1. The van der Waals surface area contributed by atoms with Crippen LogP contribution in [0.4, 0.5) is 9.52 Å². The van der Waals surface area contributed by atoms with Gasteiger partial charge in [0.2, 0.25) is 0 Å². The summed E-state index contributed by atoms with van der Waals surface area (Å²) in [6.07, 6.45) is 0. The van der Waals surface area contributed by atoms with E-state index in [0.717, 1.165) is 11.3 Å². The third kappa shape index (κ3) is 4.41. The van der Waals surface area contributed by atoms with Gasteiger partial charge in [0.05, 0.1) is 40.6 Å². The number of hydrogen-bond acceptors (Lipinski definition) is 7. The number of nitrogens with zero attached hydrogens (tertiary/aromatic N) is 2. The van der Waals surface area contributed by atoms with Gasteiger partial charge in [0.1, 0.15) is 23.1 Å². The number of hydrogen-bond donors (Lipinski definition) is 1. The van der Waals surface area contributed by atoms with E-state index in [9.17, 15) is 19.1 Å². The summed E-state index contributed by atoms with van der Waals surface area (Å²) in [7, 11) is 1.50. The number of carbonyl (C=O) groups is 2.